The third kappa shape index (κ3) is 3.22. The molecule has 0 N–H and O–H groups in total. The maximum Gasteiger partial charge on any atom is 0.243 e. The summed E-state index contributed by atoms with van der Waals surface area (Å²) in [5.74, 6) is 0.0806. The lowest BCUT2D eigenvalue weighted by Crippen LogP contribution is -2.52. The molecular formula is C18H26N2O3S. The van der Waals surface area contributed by atoms with Gasteiger partial charge >= 0.3 is 0 Å². The first-order valence-electron chi connectivity index (χ1n) is 8.61. The highest BCUT2D eigenvalue weighted by Gasteiger charge is 2.34. The van der Waals surface area contributed by atoms with Crippen LogP contribution in [-0.4, -0.2) is 49.7 Å². The van der Waals surface area contributed by atoms with Crippen LogP contribution in [0.4, 0.5) is 0 Å². The van der Waals surface area contributed by atoms with Crippen molar-refractivity contribution in [3.63, 3.8) is 0 Å². The summed E-state index contributed by atoms with van der Waals surface area (Å²) < 4.78 is 27.3. The number of hydrogen-bond donors (Lipinski definition) is 0. The molecule has 0 radical (unpaired) electrons. The predicted molar refractivity (Wildman–Crippen MR) is 93.3 cm³/mol. The molecule has 3 rings (SSSR count). The summed E-state index contributed by atoms with van der Waals surface area (Å²) in [7, 11) is -3.47. The van der Waals surface area contributed by atoms with Crippen molar-refractivity contribution in [2.45, 2.75) is 44.9 Å². The van der Waals surface area contributed by atoms with E-state index in [1.807, 2.05) is 32.9 Å². The Morgan fingerprint density at radius 3 is 2.25 bits per heavy atom. The van der Waals surface area contributed by atoms with Crippen molar-refractivity contribution < 1.29 is 13.2 Å². The second-order valence-electron chi connectivity index (χ2n) is 7.73. The molecule has 24 heavy (non-hydrogen) atoms. The van der Waals surface area contributed by atoms with Crippen LogP contribution in [0, 0.1) is 5.41 Å². The Bertz CT molecular complexity index is 742. The number of carbonyl (C=O) groups excluding carboxylic acids is 1. The molecule has 1 aliphatic carbocycles. The molecule has 1 aromatic rings. The number of rotatable bonds is 2. The summed E-state index contributed by atoms with van der Waals surface area (Å²) in [5, 5.41) is 0. The zero-order valence-corrected chi connectivity index (χ0v) is 15.5. The number of aryl methyl sites for hydroxylation is 2. The van der Waals surface area contributed by atoms with Gasteiger partial charge in [-0.2, -0.15) is 4.31 Å². The van der Waals surface area contributed by atoms with E-state index in [0.717, 1.165) is 24.8 Å². The van der Waals surface area contributed by atoms with Crippen LogP contribution in [0.1, 0.15) is 38.3 Å². The van der Waals surface area contributed by atoms with Gasteiger partial charge in [-0.1, -0.05) is 26.8 Å². The fraction of sp³-hybridized carbons (Fsp3) is 0.611. The van der Waals surface area contributed by atoms with Gasteiger partial charge in [0.25, 0.3) is 0 Å². The van der Waals surface area contributed by atoms with Crippen molar-refractivity contribution in [1.29, 1.82) is 0 Å². The van der Waals surface area contributed by atoms with E-state index in [1.54, 1.807) is 11.0 Å². The van der Waals surface area contributed by atoms with E-state index in [1.165, 1.54) is 9.87 Å². The number of sulfonamides is 1. The van der Waals surface area contributed by atoms with Crippen LogP contribution >= 0.6 is 0 Å². The average Bonchev–Trinajstić information content (AvgIpc) is 3.01. The lowest BCUT2D eigenvalue weighted by Gasteiger charge is -2.37. The highest BCUT2D eigenvalue weighted by Crippen LogP contribution is 2.27. The summed E-state index contributed by atoms with van der Waals surface area (Å²) in [6, 6.07) is 5.52. The van der Waals surface area contributed by atoms with Crippen LogP contribution in [0.2, 0.25) is 0 Å². The minimum atomic E-state index is -3.47. The topological polar surface area (TPSA) is 57.7 Å². The molecule has 132 valence electrons. The largest absolute Gasteiger partial charge is 0.340 e. The minimum Gasteiger partial charge on any atom is -0.340 e. The molecule has 1 fully saturated rings. The van der Waals surface area contributed by atoms with E-state index in [4.69, 9.17) is 0 Å². The molecular weight excluding hydrogens is 324 g/mol. The number of amides is 1. The molecule has 1 saturated heterocycles. The normalized spacial score (nSPS) is 19.4. The van der Waals surface area contributed by atoms with Gasteiger partial charge in [0.2, 0.25) is 15.9 Å². The molecule has 0 unspecified atom stereocenters. The molecule has 0 bridgehead atoms. The van der Waals surface area contributed by atoms with E-state index in [-0.39, 0.29) is 5.91 Å². The zero-order valence-electron chi connectivity index (χ0n) is 14.7. The molecule has 1 heterocycles. The van der Waals surface area contributed by atoms with Crippen LogP contribution in [0.5, 0.6) is 0 Å². The molecule has 0 spiro atoms. The summed E-state index contributed by atoms with van der Waals surface area (Å²) in [4.78, 5) is 14.5. The monoisotopic (exact) mass is 350 g/mol. The van der Waals surface area contributed by atoms with Crippen LogP contribution < -0.4 is 0 Å². The van der Waals surface area contributed by atoms with Gasteiger partial charge in [-0.15, -0.1) is 0 Å². The number of hydrogen-bond acceptors (Lipinski definition) is 3. The summed E-state index contributed by atoms with van der Waals surface area (Å²) >= 11 is 0. The van der Waals surface area contributed by atoms with E-state index < -0.39 is 15.4 Å². The van der Waals surface area contributed by atoms with Gasteiger partial charge in [0.15, 0.2) is 0 Å². The predicted octanol–water partition coefficient (Wildman–Crippen LogP) is 2.05. The van der Waals surface area contributed by atoms with Crippen molar-refractivity contribution in [2.75, 3.05) is 26.2 Å². The summed E-state index contributed by atoms with van der Waals surface area (Å²) in [5.41, 5.74) is 2.01. The van der Waals surface area contributed by atoms with Crippen molar-refractivity contribution in [1.82, 2.24) is 9.21 Å². The highest BCUT2D eigenvalue weighted by atomic mass is 32.2. The smallest absolute Gasteiger partial charge is 0.243 e. The molecule has 1 aromatic carbocycles. The number of carbonyl (C=O) groups is 1. The quantitative estimate of drug-likeness (QED) is 0.820. The Morgan fingerprint density at radius 1 is 1.00 bits per heavy atom. The first-order chi connectivity index (χ1) is 11.2. The summed E-state index contributed by atoms with van der Waals surface area (Å²) in [6.07, 6.45) is 3.11. The Hall–Kier alpha value is -1.40. The van der Waals surface area contributed by atoms with Crippen LogP contribution in [0.15, 0.2) is 23.1 Å². The minimum absolute atomic E-state index is 0.0806. The number of nitrogens with zero attached hydrogens (tertiary/aromatic N) is 2. The summed E-state index contributed by atoms with van der Waals surface area (Å²) in [6.45, 7) is 7.32. The second-order valence-corrected chi connectivity index (χ2v) is 9.67. The third-order valence-electron chi connectivity index (χ3n) is 4.88. The Labute approximate surface area is 144 Å². The van der Waals surface area contributed by atoms with Crippen LogP contribution in [0.3, 0.4) is 0 Å². The van der Waals surface area contributed by atoms with Gasteiger partial charge in [0.1, 0.15) is 0 Å². The van der Waals surface area contributed by atoms with Crippen molar-refractivity contribution >= 4 is 15.9 Å². The van der Waals surface area contributed by atoms with E-state index in [0.29, 0.717) is 31.1 Å². The van der Waals surface area contributed by atoms with Gasteiger partial charge < -0.3 is 4.90 Å². The lowest BCUT2D eigenvalue weighted by molar-refractivity contribution is -0.140. The molecule has 6 heteroatoms. The Kier molecular flexibility index (Phi) is 4.47. The highest BCUT2D eigenvalue weighted by molar-refractivity contribution is 7.89. The van der Waals surface area contributed by atoms with Crippen LogP contribution in [-0.2, 0) is 27.7 Å². The molecule has 0 atom stereocenters. The average molecular weight is 350 g/mol. The van der Waals surface area contributed by atoms with E-state index >= 15 is 0 Å². The lowest BCUT2D eigenvalue weighted by atomic mass is 9.94. The Balaban J connectivity index is 1.73. The third-order valence-corrected chi connectivity index (χ3v) is 6.77. The maximum absolute atomic E-state index is 12.9. The number of benzene rings is 1. The van der Waals surface area contributed by atoms with Gasteiger partial charge in [0.05, 0.1) is 4.90 Å². The van der Waals surface area contributed by atoms with Crippen molar-refractivity contribution in [2.24, 2.45) is 5.41 Å². The maximum atomic E-state index is 12.9. The van der Waals surface area contributed by atoms with Crippen molar-refractivity contribution in [3.8, 4) is 0 Å². The molecule has 0 aromatic heterocycles. The van der Waals surface area contributed by atoms with Crippen LogP contribution in [0.25, 0.3) is 0 Å². The number of piperazine rings is 1. The van der Waals surface area contributed by atoms with Gasteiger partial charge in [0, 0.05) is 31.6 Å². The van der Waals surface area contributed by atoms with Gasteiger partial charge in [-0.05, 0) is 42.5 Å². The first kappa shape index (κ1) is 17.4. The SMILES string of the molecule is CC(C)(C)C(=O)N1CCN(S(=O)(=O)c2ccc3c(c2)CCC3)CC1. The fourth-order valence-corrected chi connectivity index (χ4v) is 4.94. The van der Waals surface area contributed by atoms with Crippen molar-refractivity contribution in [3.05, 3.63) is 29.3 Å². The zero-order chi connectivity index (χ0) is 17.5. The Morgan fingerprint density at radius 2 is 1.62 bits per heavy atom. The molecule has 1 amide bonds. The van der Waals surface area contributed by atoms with E-state index in [9.17, 15) is 13.2 Å². The molecule has 0 saturated carbocycles. The van der Waals surface area contributed by atoms with Gasteiger partial charge in [-0.25, -0.2) is 8.42 Å². The number of fused-ring (bicyclic) bond motifs is 1. The molecule has 2 aliphatic rings. The first-order valence-corrected chi connectivity index (χ1v) is 10.0. The molecule has 5 nitrogen and oxygen atoms in total. The fourth-order valence-electron chi connectivity index (χ4n) is 3.46. The van der Waals surface area contributed by atoms with Gasteiger partial charge in [-0.3, -0.25) is 4.79 Å². The van der Waals surface area contributed by atoms with E-state index in [2.05, 4.69) is 0 Å². The molecule has 1 aliphatic heterocycles. The second kappa shape index (κ2) is 6.15. The standard InChI is InChI=1S/C18H26N2O3S/c1-18(2,3)17(21)19-9-11-20(12-10-19)24(22,23)16-8-7-14-5-4-6-15(14)13-16/h7-8,13H,4-6,9-12H2,1-3H3.